The van der Waals surface area contributed by atoms with Gasteiger partial charge in [0.15, 0.2) is 0 Å². The van der Waals surface area contributed by atoms with Crippen molar-refractivity contribution in [2.45, 2.75) is 46.1 Å². The van der Waals surface area contributed by atoms with Crippen molar-refractivity contribution in [3.05, 3.63) is 94.4 Å². The van der Waals surface area contributed by atoms with Crippen molar-refractivity contribution in [3.8, 4) is 0 Å². The van der Waals surface area contributed by atoms with Crippen LogP contribution in [-0.2, 0) is 17.4 Å². The van der Waals surface area contributed by atoms with Gasteiger partial charge in [0, 0.05) is 59.7 Å². The van der Waals surface area contributed by atoms with Crippen LogP contribution < -0.4 is 4.90 Å². The largest absolute Gasteiger partial charge is 0.439 e. The molecule has 35 heavy (non-hydrogen) atoms. The van der Waals surface area contributed by atoms with E-state index in [1.165, 1.54) is 5.69 Å². The predicted octanol–water partition coefficient (Wildman–Crippen LogP) is 6.28. The van der Waals surface area contributed by atoms with E-state index in [0.29, 0.717) is 11.3 Å². The highest BCUT2D eigenvalue weighted by molar-refractivity contribution is 5.98. The molecule has 5 heteroatoms. The number of para-hydroxylation sites is 1. The molecule has 0 fully saturated rings. The molecular weight excluding hydrogens is 434 g/mol. The minimum absolute atomic E-state index is 0.331. The lowest BCUT2D eigenvalue weighted by Crippen LogP contribution is -2.32. The number of anilines is 1. The van der Waals surface area contributed by atoms with Crippen molar-refractivity contribution < 1.29 is 9.53 Å². The summed E-state index contributed by atoms with van der Waals surface area (Å²) in [4.78, 5) is 20.5. The third-order valence-electron chi connectivity index (χ3n) is 7.30. The van der Waals surface area contributed by atoms with Gasteiger partial charge in [-0.05, 0) is 62.6 Å². The zero-order valence-corrected chi connectivity index (χ0v) is 21.3. The molecular formula is C30H33N3O2. The van der Waals surface area contributed by atoms with Gasteiger partial charge in [0.25, 0.3) is 0 Å². The summed E-state index contributed by atoms with van der Waals surface area (Å²) in [5.74, 6) is -0.331. The van der Waals surface area contributed by atoms with E-state index in [4.69, 9.17) is 9.72 Å². The molecule has 0 spiro atoms. The Morgan fingerprint density at radius 1 is 1.00 bits per heavy atom. The van der Waals surface area contributed by atoms with Crippen LogP contribution in [0.5, 0.6) is 0 Å². The second-order valence-corrected chi connectivity index (χ2v) is 9.49. The SMILES string of the molecule is CCCN(CCC)c1ccc(C2(c3c(C)n(C)c4ccccc34)OC(=O)c3cccnc32)c(C)c1. The fourth-order valence-electron chi connectivity index (χ4n) is 5.69. The lowest BCUT2D eigenvalue weighted by Gasteiger charge is -2.32. The average Bonchev–Trinajstić information content (AvgIpc) is 3.30. The minimum Gasteiger partial charge on any atom is -0.439 e. The maximum atomic E-state index is 13.3. The van der Waals surface area contributed by atoms with Gasteiger partial charge in [0.2, 0.25) is 5.60 Å². The number of carbonyl (C=O) groups excluding carboxylic acids is 1. The summed E-state index contributed by atoms with van der Waals surface area (Å²) in [5.41, 5.74) is 6.47. The van der Waals surface area contributed by atoms with Crippen LogP contribution in [0.25, 0.3) is 10.9 Å². The van der Waals surface area contributed by atoms with E-state index in [-0.39, 0.29) is 5.97 Å². The van der Waals surface area contributed by atoms with E-state index in [9.17, 15) is 4.79 Å². The Hall–Kier alpha value is -3.60. The summed E-state index contributed by atoms with van der Waals surface area (Å²) in [5, 5.41) is 1.07. The Morgan fingerprint density at radius 3 is 2.46 bits per heavy atom. The lowest BCUT2D eigenvalue weighted by atomic mass is 9.79. The second kappa shape index (κ2) is 8.88. The first-order chi connectivity index (χ1) is 16.9. The van der Waals surface area contributed by atoms with Crippen LogP contribution in [0.2, 0.25) is 0 Å². The van der Waals surface area contributed by atoms with Crippen molar-refractivity contribution in [3.63, 3.8) is 0 Å². The number of hydrogen-bond donors (Lipinski definition) is 0. The molecule has 0 amide bonds. The number of fused-ring (bicyclic) bond motifs is 2. The van der Waals surface area contributed by atoms with E-state index >= 15 is 0 Å². The predicted molar refractivity (Wildman–Crippen MR) is 141 cm³/mol. The molecule has 0 saturated heterocycles. The van der Waals surface area contributed by atoms with Crippen LogP contribution in [0.15, 0.2) is 60.8 Å². The number of carbonyl (C=O) groups is 1. The molecule has 2 aromatic heterocycles. The van der Waals surface area contributed by atoms with E-state index in [1.54, 1.807) is 12.3 Å². The van der Waals surface area contributed by atoms with E-state index in [0.717, 1.165) is 59.2 Å². The van der Waals surface area contributed by atoms with Gasteiger partial charge in [-0.25, -0.2) is 4.79 Å². The van der Waals surface area contributed by atoms with E-state index in [1.807, 2.05) is 18.2 Å². The Labute approximate surface area is 207 Å². The Bertz CT molecular complexity index is 1410. The quantitative estimate of drug-likeness (QED) is 0.300. The number of pyridine rings is 1. The highest BCUT2D eigenvalue weighted by Gasteiger charge is 2.53. The molecule has 4 aromatic rings. The standard InChI is InChI=1S/C30H33N3O2/c1-6-17-33(18-7-2)22-14-15-25(20(3)19-22)30(28-24(29(34)35-30)12-10-16-31-28)27-21(4)32(5)26-13-9-8-11-23(26)27/h8-16,19H,6-7,17-18H2,1-5H3. The van der Waals surface area contributed by atoms with E-state index < -0.39 is 5.60 Å². The molecule has 1 unspecified atom stereocenters. The Morgan fingerprint density at radius 2 is 1.74 bits per heavy atom. The normalized spacial score (nSPS) is 17.0. The summed E-state index contributed by atoms with van der Waals surface area (Å²) < 4.78 is 8.62. The zero-order chi connectivity index (χ0) is 24.7. The molecule has 0 saturated carbocycles. The van der Waals surface area contributed by atoms with Gasteiger partial charge in [-0.1, -0.05) is 38.1 Å². The molecule has 0 radical (unpaired) electrons. The fourth-order valence-corrected chi connectivity index (χ4v) is 5.69. The third kappa shape index (κ3) is 3.44. The smallest absolute Gasteiger partial charge is 0.341 e. The number of aromatic nitrogens is 2. The molecule has 0 aliphatic carbocycles. The first-order valence-corrected chi connectivity index (χ1v) is 12.5. The van der Waals surface area contributed by atoms with Crippen molar-refractivity contribution in [2.24, 2.45) is 7.05 Å². The van der Waals surface area contributed by atoms with Gasteiger partial charge in [-0.3, -0.25) is 4.98 Å². The summed E-state index contributed by atoms with van der Waals surface area (Å²) >= 11 is 0. The zero-order valence-electron chi connectivity index (χ0n) is 21.3. The van der Waals surface area contributed by atoms with Crippen molar-refractivity contribution in [1.29, 1.82) is 0 Å². The number of rotatable bonds is 7. The highest BCUT2D eigenvalue weighted by Crippen LogP contribution is 2.51. The Balaban J connectivity index is 1.81. The monoisotopic (exact) mass is 467 g/mol. The molecule has 2 aromatic carbocycles. The van der Waals surface area contributed by atoms with Crippen molar-refractivity contribution in [2.75, 3.05) is 18.0 Å². The van der Waals surface area contributed by atoms with Gasteiger partial charge < -0.3 is 14.2 Å². The molecule has 0 bridgehead atoms. The Kier molecular flexibility index (Phi) is 5.87. The molecule has 1 atom stereocenters. The summed E-state index contributed by atoms with van der Waals surface area (Å²) in [6.45, 7) is 10.7. The highest BCUT2D eigenvalue weighted by atomic mass is 16.6. The summed E-state index contributed by atoms with van der Waals surface area (Å²) in [7, 11) is 2.06. The van der Waals surface area contributed by atoms with Gasteiger partial charge in [0.1, 0.15) is 5.69 Å². The van der Waals surface area contributed by atoms with Gasteiger partial charge >= 0.3 is 5.97 Å². The lowest BCUT2D eigenvalue weighted by molar-refractivity contribution is 0.0244. The molecule has 3 heterocycles. The molecule has 1 aliphatic heterocycles. The van der Waals surface area contributed by atoms with Crippen LogP contribution in [0.4, 0.5) is 5.69 Å². The molecule has 5 rings (SSSR count). The van der Waals surface area contributed by atoms with E-state index in [2.05, 4.69) is 74.5 Å². The maximum Gasteiger partial charge on any atom is 0.341 e. The number of cyclic esters (lactones) is 1. The molecule has 180 valence electrons. The molecule has 0 N–H and O–H groups in total. The number of aryl methyl sites for hydroxylation is 2. The first kappa shape index (κ1) is 23.2. The van der Waals surface area contributed by atoms with Crippen LogP contribution in [-0.4, -0.2) is 28.6 Å². The summed E-state index contributed by atoms with van der Waals surface area (Å²) in [6.07, 6.45) is 3.94. The van der Waals surface area contributed by atoms with Gasteiger partial charge in [-0.2, -0.15) is 0 Å². The fraction of sp³-hybridized carbons (Fsp3) is 0.333. The van der Waals surface area contributed by atoms with Crippen LogP contribution in [0.3, 0.4) is 0 Å². The number of hydrogen-bond acceptors (Lipinski definition) is 4. The van der Waals surface area contributed by atoms with Gasteiger partial charge in [-0.15, -0.1) is 0 Å². The molecule has 5 nitrogen and oxygen atoms in total. The number of benzene rings is 2. The summed E-state index contributed by atoms with van der Waals surface area (Å²) in [6, 6.07) is 18.5. The maximum absolute atomic E-state index is 13.3. The van der Waals surface area contributed by atoms with Crippen LogP contribution in [0, 0.1) is 13.8 Å². The number of nitrogens with zero attached hydrogens (tertiary/aromatic N) is 3. The molecule has 1 aliphatic rings. The van der Waals surface area contributed by atoms with Crippen molar-refractivity contribution in [1.82, 2.24) is 9.55 Å². The first-order valence-electron chi connectivity index (χ1n) is 12.5. The number of ether oxygens (including phenoxy) is 1. The topological polar surface area (TPSA) is 47.4 Å². The minimum atomic E-state index is -1.11. The average molecular weight is 468 g/mol. The number of esters is 1. The van der Waals surface area contributed by atoms with Crippen molar-refractivity contribution >= 4 is 22.6 Å². The van der Waals surface area contributed by atoms with Crippen LogP contribution in [0.1, 0.15) is 65.1 Å². The third-order valence-corrected chi connectivity index (χ3v) is 7.30. The van der Waals surface area contributed by atoms with Gasteiger partial charge in [0.05, 0.1) is 5.56 Å². The van der Waals surface area contributed by atoms with Crippen LogP contribution >= 0.6 is 0 Å². The second-order valence-electron chi connectivity index (χ2n) is 9.49.